The molecule has 0 unspecified atom stereocenters. The van der Waals surface area contributed by atoms with Crippen molar-refractivity contribution in [1.82, 2.24) is 0 Å². The number of rotatable bonds is 2. The molecular weight excluding hydrogens is 252 g/mol. The summed E-state index contributed by atoms with van der Waals surface area (Å²) in [7, 11) is 0. The Morgan fingerprint density at radius 1 is 0.762 bits per heavy atom. The van der Waals surface area contributed by atoms with Crippen LogP contribution in [-0.2, 0) is 0 Å². The minimum absolute atomic E-state index is 1.04. The lowest BCUT2D eigenvalue weighted by Crippen LogP contribution is -1.84. The Kier molecular flexibility index (Phi) is 3.87. The standard InChI is InChI=1S/C21H20/c1-16-6-3-8-18(13-12-16)20-10-5-11-21(15-20)19-9-4-7-17(2)14-19/h3-5,7-15H,6H2,1-2H3. The summed E-state index contributed by atoms with van der Waals surface area (Å²) in [6.45, 7) is 4.31. The Morgan fingerprint density at radius 3 is 2.29 bits per heavy atom. The van der Waals surface area contributed by atoms with Crippen LogP contribution in [0.5, 0.6) is 0 Å². The predicted molar refractivity (Wildman–Crippen MR) is 92.1 cm³/mol. The highest BCUT2D eigenvalue weighted by atomic mass is 14.1. The second kappa shape index (κ2) is 5.97. The van der Waals surface area contributed by atoms with Gasteiger partial charge in [-0.1, -0.05) is 77.9 Å². The molecule has 0 bridgehead atoms. The fourth-order valence-electron chi connectivity index (χ4n) is 2.62. The molecule has 0 spiro atoms. The molecule has 2 aromatic carbocycles. The van der Waals surface area contributed by atoms with E-state index in [4.69, 9.17) is 0 Å². The van der Waals surface area contributed by atoms with Crippen LogP contribution in [0.2, 0.25) is 0 Å². The van der Waals surface area contributed by atoms with Gasteiger partial charge in [0.05, 0.1) is 0 Å². The average molecular weight is 272 g/mol. The van der Waals surface area contributed by atoms with Crippen molar-refractivity contribution in [3.8, 4) is 11.1 Å². The first-order valence-corrected chi connectivity index (χ1v) is 7.44. The molecule has 0 aliphatic heterocycles. The summed E-state index contributed by atoms with van der Waals surface area (Å²) in [5.41, 5.74) is 7.80. The molecule has 0 N–H and O–H groups in total. The second-order valence-corrected chi connectivity index (χ2v) is 5.69. The van der Waals surface area contributed by atoms with Crippen molar-refractivity contribution in [3.63, 3.8) is 0 Å². The van der Waals surface area contributed by atoms with E-state index in [1.165, 1.54) is 33.4 Å². The van der Waals surface area contributed by atoms with Crippen molar-refractivity contribution >= 4 is 5.57 Å². The first kappa shape index (κ1) is 13.6. The van der Waals surface area contributed by atoms with E-state index >= 15 is 0 Å². The van der Waals surface area contributed by atoms with E-state index in [1.54, 1.807) is 0 Å². The Bertz CT molecular complexity index is 742. The summed E-state index contributed by atoms with van der Waals surface area (Å²) in [5.74, 6) is 0. The number of hydrogen-bond acceptors (Lipinski definition) is 0. The zero-order valence-electron chi connectivity index (χ0n) is 12.6. The Hall–Kier alpha value is -2.34. The van der Waals surface area contributed by atoms with E-state index in [-0.39, 0.29) is 0 Å². The van der Waals surface area contributed by atoms with Crippen LogP contribution in [-0.4, -0.2) is 0 Å². The fraction of sp³-hybridized carbons (Fsp3) is 0.143. The summed E-state index contributed by atoms with van der Waals surface area (Å²) >= 11 is 0. The second-order valence-electron chi connectivity index (χ2n) is 5.69. The summed E-state index contributed by atoms with van der Waals surface area (Å²) in [6, 6.07) is 17.5. The molecule has 0 saturated heterocycles. The van der Waals surface area contributed by atoms with Gasteiger partial charge in [0.25, 0.3) is 0 Å². The highest BCUT2D eigenvalue weighted by Crippen LogP contribution is 2.26. The van der Waals surface area contributed by atoms with Crippen LogP contribution < -0.4 is 0 Å². The number of benzene rings is 2. The van der Waals surface area contributed by atoms with Gasteiger partial charge in [0.2, 0.25) is 0 Å². The molecule has 1 aliphatic rings. The zero-order chi connectivity index (χ0) is 14.7. The normalized spacial score (nSPS) is 14.4. The maximum atomic E-state index is 2.28. The van der Waals surface area contributed by atoms with Crippen molar-refractivity contribution in [2.45, 2.75) is 20.3 Å². The number of aryl methyl sites for hydroxylation is 1. The quantitative estimate of drug-likeness (QED) is 0.633. The largest absolute Gasteiger partial charge is 0.0799 e. The molecule has 0 amide bonds. The Labute approximate surface area is 127 Å². The third kappa shape index (κ3) is 3.22. The molecular formula is C21H20. The van der Waals surface area contributed by atoms with Gasteiger partial charge in [-0.15, -0.1) is 0 Å². The minimum Gasteiger partial charge on any atom is -0.0799 e. The van der Waals surface area contributed by atoms with Crippen molar-refractivity contribution in [3.05, 3.63) is 89.5 Å². The smallest absolute Gasteiger partial charge is 0.0135 e. The van der Waals surface area contributed by atoms with E-state index in [9.17, 15) is 0 Å². The molecule has 1 aliphatic carbocycles. The molecule has 0 nitrogen and oxygen atoms in total. The van der Waals surface area contributed by atoms with Gasteiger partial charge < -0.3 is 0 Å². The Morgan fingerprint density at radius 2 is 1.48 bits per heavy atom. The maximum Gasteiger partial charge on any atom is -0.0135 e. The first-order chi connectivity index (χ1) is 10.2. The predicted octanol–water partition coefficient (Wildman–Crippen LogP) is 5.95. The first-order valence-electron chi connectivity index (χ1n) is 7.44. The minimum atomic E-state index is 1.04. The van der Waals surface area contributed by atoms with E-state index in [0.29, 0.717) is 0 Å². The van der Waals surface area contributed by atoms with Gasteiger partial charge in [-0.2, -0.15) is 0 Å². The molecule has 0 fully saturated rings. The lowest BCUT2D eigenvalue weighted by molar-refractivity contribution is 1.22. The van der Waals surface area contributed by atoms with E-state index in [0.717, 1.165) is 6.42 Å². The molecule has 0 heteroatoms. The van der Waals surface area contributed by atoms with Crippen molar-refractivity contribution in [1.29, 1.82) is 0 Å². The fourth-order valence-corrected chi connectivity index (χ4v) is 2.62. The summed E-state index contributed by atoms with van der Waals surface area (Å²) in [5, 5.41) is 0. The Balaban J connectivity index is 2.01. The molecule has 0 heterocycles. The maximum absolute atomic E-state index is 2.28. The van der Waals surface area contributed by atoms with Crippen LogP contribution in [0, 0.1) is 6.92 Å². The molecule has 21 heavy (non-hydrogen) atoms. The molecule has 104 valence electrons. The molecule has 3 rings (SSSR count). The molecule has 0 aromatic heterocycles. The lowest BCUT2D eigenvalue weighted by atomic mass is 9.98. The number of hydrogen-bond donors (Lipinski definition) is 0. The number of allylic oxidation sites excluding steroid dienone is 6. The summed E-state index contributed by atoms with van der Waals surface area (Å²) in [6.07, 6.45) is 9.94. The van der Waals surface area contributed by atoms with Gasteiger partial charge in [-0.05, 0) is 48.6 Å². The van der Waals surface area contributed by atoms with Gasteiger partial charge in [-0.3, -0.25) is 0 Å². The molecule has 2 aromatic rings. The monoisotopic (exact) mass is 272 g/mol. The highest BCUT2D eigenvalue weighted by Gasteiger charge is 2.03. The molecule has 0 radical (unpaired) electrons. The van der Waals surface area contributed by atoms with Gasteiger partial charge in [0.15, 0.2) is 0 Å². The van der Waals surface area contributed by atoms with Crippen molar-refractivity contribution < 1.29 is 0 Å². The summed E-state index contributed by atoms with van der Waals surface area (Å²) < 4.78 is 0. The lowest BCUT2D eigenvalue weighted by Gasteiger charge is -2.07. The third-order valence-corrected chi connectivity index (χ3v) is 3.83. The van der Waals surface area contributed by atoms with Crippen LogP contribution in [0.4, 0.5) is 0 Å². The van der Waals surface area contributed by atoms with Gasteiger partial charge in [-0.25, -0.2) is 0 Å². The summed E-state index contributed by atoms with van der Waals surface area (Å²) in [4.78, 5) is 0. The van der Waals surface area contributed by atoms with Gasteiger partial charge in [0.1, 0.15) is 0 Å². The van der Waals surface area contributed by atoms with E-state index in [2.05, 4.69) is 86.7 Å². The van der Waals surface area contributed by atoms with E-state index < -0.39 is 0 Å². The van der Waals surface area contributed by atoms with Crippen LogP contribution in [0.25, 0.3) is 16.7 Å². The third-order valence-electron chi connectivity index (χ3n) is 3.83. The van der Waals surface area contributed by atoms with Crippen LogP contribution in [0.3, 0.4) is 0 Å². The van der Waals surface area contributed by atoms with Crippen LogP contribution in [0.1, 0.15) is 24.5 Å². The van der Waals surface area contributed by atoms with Crippen LogP contribution >= 0.6 is 0 Å². The highest BCUT2D eigenvalue weighted by molar-refractivity contribution is 5.79. The van der Waals surface area contributed by atoms with Crippen LogP contribution in [0.15, 0.2) is 78.4 Å². The molecule has 0 saturated carbocycles. The van der Waals surface area contributed by atoms with Gasteiger partial charge >= 0.3 is 0 Å². The SMILES string of the molecule is CC1=CC=C(c2cccc(-c3cccc(C)c3)c2)C=CC1. The zero-order valence-corrected chi connectivity index (χ0v) is 12.6. The van der Waals surface area contributed by atoms with Crippen molar-refractivity contribution in [2.24, 2.45) is 0 Å². The van der Waals surface area contributed by atoms with Gasteiger partial charge in [0, 0.05) is 0 Å². The topological polar surface area (TPSA) is 0 Å². The van der Waals surface area contributed by atoms with Crippen molar-refractivity contribution in [2.75, 3.05) is 0 Å². The molecule has 0 atom stereocenters. The average Bonchev–Trinajstić information content (AvgIpc) is 2.72. The van der Waals surface area contributed by atoms with E-state index in [1.807, 2.05) is 0 Å².